The van der Waals surface area contributed by atoms with Crippen LogP contribution in [-0.4, -0.2) is 35.1 Å². The van der Waals surface area contributed by atoms with Gasteiger partial charge in [0.25, 0.3) is 0 Å². The molecule has 0 saturated carbocycles. The number of amides is 2. The van der Waals surface area contributed by atoms with Gasteiger partial charge in [-0.05, 0) is 36.2 Å². The zero-order valence-corrected chi connectivity index (χ0v) is 22.1. The summed E-state index contributed by atoms with van der Waals surface area (Å²) in [6, 6.07) is 24.3. The van der Waals surface area contributed by atoms with Crippen LogP contribution < -0.4 is 5.32 Å². The second-order valence-electron chi connectivity index (χ2n) is 8.13. The minimum Gasteiger partial charge on any atom is -0.354 e. The van der Waals surface area contributed by atoms with Gasteiger partial charge >= 0.3 is 0 Å². The van der Waals surface area contributed by atoms with Crippen LogP contribution >= 0.6 is 35.0 Å². The Balaban J connectivity index is 1.88. The first kappa shape index (κ1) is 27.1. The van der Waals surface area contributed by atoms with Gasteiger partial charge in [-0.3, -0.25) is 9.59 Å². The van der Waals surface area contributed by atoms with Crippen LogP contribution in [0.25, 0.3) is 0 Å². The molecule has 0 aliphatic carbocycles. The van der Waals surface area contributed by atoms with Crippen molar-refractivity contribution >= 4 is 46.8 Å². The van der Waals surface area contributed by atoms with Crippen molar-refractivity contribution in [2.75, 3.05) is 12.3 Å². The van der Waals surface area contributed by atoms with E-state index < -0.39 is 6.04 Å². The van der Waals surface area contributed by atoms with Crippen LogP contribution in [-0.2, 0) is 22.6 Å². The molecule has 0 aromatic heterocycles. The van der Waals surface area contributed by atoms with Crippen molar-refractivity contribution in [3.8, 4) is 0 Å². The lowest BCUT2D eigenvalue weighted by molar-refractivity contribution is -0.141. The number of hydrogen-bond donors (Lipinski definition) is 1. The van der Waals surface area contributed by atoms with Crippen molar-refractivity contribution in [2.24, 2.45) is 0 Å². The molecule has 3 aromatic rings. The number of rotatable bonds is 12. The van der Waals surface area contributed by atoms with Gasteiger partial charge in [0.15, 0.2) is 0 Å². The molecule has 0 saturated heterocycles. The Labute approximate surface area is 222 Å². The monoisotopic (exact) mass is 528 g/mol. The van der Waals surface area contributed by atoms with Crippen molar-refractivity contribution in [1.29, 1.82) is 0 Å². The molecule has 0 aliphatic rings. The predicted octanol–water partition coefficient (Wildman–Crippen LogP) is 6.64. The summed E-state index contributed by atoms with van der Waals surface area (Å²) >= 11 is 14.5. The average molecular weight is 530 g/mol. The summed E-state index contributed by atoms with van der Waals surface area (Å²) in [4.78, 5) is 29.7. The molecule has 2 amide bonds. The van der Waals surface area contributed by atoms with Crippen LogP contribution in [0.3, 0.4) is 0 Å². The first-order valence-corrected chi connectivity index (χ1v) is 13.5. The maximum atomic E-state index is 13.6. The highest BCUT2D eigenvalue weighted by molar-refractivity contribution is 7.99. The van der Waals surface area contributed by atoms with Crippen LogP contribution in [0.4, 0.5) is 0 Å². The SMILES string of the molecule is CCCNC(=O)C(Cc1ccccc1)N(Cc1c(Cl)cccc1Cl)C(=O)CCSc1ccccc1. The van der Waals surface area contributed by atoms with Crippen molar-refractivity contribution in [3.63, 3.8) is 0 Å². The summed E-state index contributed by atoms with van der Waals surface area (Å²) in [5.41, 5.74) is 1.62. The van der Waals surface area contributed by atoms with E-state index in [4.69, 9.17) is 23.2 Å². The van der Waals surface area contributed by atoms with E-state index in [0.717, 1.165) is 16.9 Å². The van der Waals surface area contributed by atoms with Gasteiger partial charge in [-0.1, -0.05) is 84.7 Å². The summed E-state index contributed by atoms with van der Waals surface area (Å²) in [6.07, 6.45) is 1.49. The smallest absolute Gasteiger partial charge is 0.243 e. The maximum Gasteiger partial charge on any atom is 0.243 e. The number of carbonyl (C=O) groups excluding carboxylic acids is 2. The normalized spacial score (nSPS) is 11.6. The maximum absolute atomic E-state index is 13.6. The highest BCUT2D eigenvalue weighted by atomic mass is 35.5. The van der Waals surface area contributed by atoms with Crippen LogP contribution in [0.15, 0.2) is 83.8 Å². The van der Waals surface area contributed by atoms with Crippen molar-refractivity contribution in [1.82, 2.24) is 10.2 Å². The Kier molecular flexibility index (Phi) is 11.0. The van der Waals surface area contributed by atoms with Crippen molar-refractivity contribution in [2.45, 2.75) is 43.7 Å². The standard InChI is InChI=1S/C28H30Cl2N2O2S/c1-2-17-31-28(34)26(19-21-10-5-3-6-11-21)32(20-23-24(29)14-9-15-25(23)30)27(33)16-18-35-22-12-7-4-8-13-22/h3-15,26H,2,16-20H2,1H3,(H,31,34). The average Bonchev–Trinajstić information content (AvgIpc) is 2.87. The van der Waals surface area contributed by atoms with Gasteiger partial charge in [0.2, 0.25) is 11.8 Å². The quantitative estimate of drug-likeness (QED) is 0.268. The Morgan fingerprint density at radius 1 is 0.914 bits per heavy atom. The van der Waals surface area contributed by atoms with E-state index in [2.05, 4.69) is 5.32 Å². The first-order chi connectivity index (χ1) is 17.0. The van der Waals surface area contributed by atoms with E-state index in [1.54, 1.807) is 34.9 Å². The third-order valence-corrected chi connectivity index (χ3v) is 7.26. The van der Waals surface area contributed by atoms with Crippen LogP contribution in [0.1, 0.15) is 30.9 Å². The van der Waals surface area contributed by atoms with E-state index in [-0.39, 0.29) is 24.8 Å². The summed E-state index contributed by atoms with van der Waals surface area (Å²) in [7, 11) is 0. The molecular formula is C28H30Cl2N2O2S. The number of benzene rings is 3. The highest BCUT2D eigenvalue weighted by Crippen LogP contribution is 2.28. The Bertz CT molecular complexity index is 1080. The van der Waals surface area contributed by atoms with E-state index >= 15 is 0 Å². The third kappa shape index (κ3) is 8.31. The number of carbonyl (C=O) groups is 2. The molecule has 184 valence electrons. The zero-order chi connectivity index (χ0) is 25.0. The van der Waals surface area contributed by atoms with E-state index in [0.29, 0.717) is 34.3 Å². The minimum atomic E-state index is -0.689. The Morgan fingerprint density at radius 2 is 1.54 bits per heavy atom. The Hall–Kier alpha value is -2.47. The van der Waals surface area contributed by atoms with Gasteiger partial charge in [-0.15, -0.1) is 11.8 Å². The minimum absolute atomic E-state index is 0.114. The molecule has 3 rings (SSSR count). The number of nitrogens with zero attached hydrogens (tertiary/aromatic N) is 1. The molecule has 35 heavy (non-hydrogen) atoms. The fourth-order valence-corrected chi connectivity index (χ4v) is 5.07. The molecule has 0 radical (unpaired) electrons. The van der Waals surface area contributed by atoms with Gasteiger partial charge in [-0.2, -0.15) is 0 Å². The largest absolute Gasteiger partial charge is 0.354 e. The second kappa shape index (κ2) is 14.2. The highest BCUT2D eigenvalue weighted by Gasteiger charge is 2.31. The lowest BCUT2D eigenvalue weighted by Gasteiger charge is -2.32. The van der Waals surface area contributed by atoms with E-state index in [1.165, 1.54) is 0 Å². The lowest BCUT2D eigenvalue weighted by atomic mass is 10.0. The van der Waals surface area contributed by atoms with Crippen molar-refractivity contribution < 1.29 is 9.59 Å². The number of hydrogen-bond acceptors (Lipinski definition) is 3. The molecule has 0 fully saturated rings. The number of nitrogens with one attached hydrogen (secondary N) is 1. The van der Waals surface area contributed by atoms with Gasteiger partial charge in [-0.25, -0.2) is 0 Å². The molecule has 0 spiro atoms. The van der Waals surface area contributed by atoms with E-state index in [1.807, 2.05) is 67.6 Å². The van der Waals surface area contributed by atoms with Crippen LogP contribution in [0, 0.1) is 0 Å². The molecule has 4 nitrogen and oxygen atoms in total. The molecule has 0 heterocycles. The lowest BCUT2D eigenvalue weighted by Crippen LogP contribution is -2.50. The van der Waals surface area contributed by atoms with Gasteiger partial charge in [0.1, 0.15) is 6.04 Å². The van der Waals surface area contributed by atoms with Crippen LogP contribution in [0.5, 0.6) is 0 Å². The third-order valence-electron chi connectivity index (χ3n) is 5.54. The van der Waals surface area contributed by atoms with Gasteiger partial charge < -0.3 is 10.2 Å². The summed E-state index contributed by atoms with van der Waals surface area (Å²) < 4.78 is 0. The topological polar surface area (TPSA) is 49.4 Å². The fraction of sp³-hybridized carbons (Fsp3) is 0.286. The Morgan fingerprint density at radius 3 is 2.17 bits per heavy atom. The number of halogens is 2. The van der Waals surface area contributed by atoms with E-state index in [9.17, 15) is 9.59 Å². The van der Waals surface area contributed by atoms with Crippen molar-refractivity contribution in [3.05, 3.63) is 100 Å². The van der Waals surface area contributed by atoms with Crippen LogP contribution in [0.2, 0.25) is 10.0 Å². The summed E-state index contributed by atoms with van der Waals surface area (Å²) in [5, 5.41) is 3.93. The predicted molar refractivity (Wildman–Crippen MR) is 146 cm³/mol. The van der Waals surface area contributed by atoms with Gasteiger partial charge in [0, 0.05) is 52.2 Å². The number of thioether (sulfide) groups is 1. The molecule has 1 N–H and O–H groups in total. The fourth-order valence-electron chi connectivity index (χ4n) is 3.69. The molecular weight excluding hydrogens is 499 g/mol. The molecule has 0 aliphatic heterocycles. The molecule has 1 atom stereocenters. The summed E-state index contributed by atoms with van der Waals surface area (Å²) in [5.74, 6) is 0.310. The van der Waals surface area contributed by atoms with Gasteiger partial charge in [0.05, 0.1) is 0 Å². The first-order valence-electron chi connectivity index (χ1n) is 11.7. The summed E-state index contributed by atoms with van der Waals surface area (Å²) in [6.45, 7) is 2.70. The molecule has 7 heteroatoms. The second-order valence-corrected chi connectivity index (χ2v) is 10.1. The molecule has 1 unspecified atom stereocenters. The molecule has 3 aromatic carbocycles. The zero-order valence-electron chi connectivity index (χ0n) is 19.8. The molecule has 0 bridgehead atoms.